The molecule has 0 saturated heterocycles. The summed E-state index contributed by atoms with van der Waals surface area (Å²) in [6.45, 7) is 1.20. The van der Waals surface area contributed by atoms with Gasteiger partial charge < -0.3 is 15.0 Å². The number of ether oxygens (including phenoxy) is 1. The van der Waals surface area contributed by atoms with Crippen molar-refractivity contribution in [2.45, 2.75) is 19.4 Å². The standard InChI is InChI=1S/C13H17N3O2/c1-17-7-3-6-12-15-13(18-16-12)11-5-2-4-10(8-11)9-14/h2,4-5,8H,3,6-7,9,14H2,1H3. The Morgan fingerprint density at radius 3 is 3.06 bits per heavy atom. The summed E-state index contributed by atoms with van der Waals surface area (Å²) in [4.78, 5) is 4.35. The van der Waals surface area contributed by atoms with Gasteiger partial charge >= 0.3 is 0 Å². The summed E-state index contributed by atoms with van der Waals surface area (Å²) in [7, 11) is 1.68. The molecule has 0 fully saturated rings. The summed E-state index contributed by atoms with van der Waals surface area (Å²) in [6.07, 6.45) is 1.65. The first-order chi connectivity index (χ1) is 8.83. The summed E-state index contributed by atoms with van der Waals surface area (Å²) in [5, 5.41) is 3.95. The van der Waals surface area contributed by atoms with Crippen molar-refractivity contribution < 1.29 is 9.26 Å². The third-order valence-corrected chi connectivity index (χ3v) is 2.63. The zero-order valence-corrected chi connectivity index (χ0v) is 10.4. The molecule has 1 aromatic heterocycles. The molecule has 0 amide bonds. The third-order valence-electron chi connectivity index (χ3n) is 2.63. The average Bonchev–Trinajstić information content (AvgIpc) is 2.88. The van der Waals surface area contributed by atoms with Gasteiger partial charge in [0.1, 0.15) is 0 Å². The zero-order chi connectivity index (χ0) is 12.8. The van der Waals surface area contributed by atoms with Crippen molar-refractivity contribution in [3.8, 4) is 11.5 Å². The van der Waals surface area contributed by atoms with Gasteiger partial charge in [-0.3, -0.25) is 0 Å². The lowest BCUT2D eigenvalue weighted by molar-refractivity contribution is 0.194. The molecule has 0 spiro atoms. The molecule has 0 bridgehead atoms. The van der Waals surface area contributed by atoms with E-state index in [2.05, 4.69) is 10.1 Å². The Morgan fingerprint density at radius 2 is 2.28 bits per heavy atom. The number of methoxy groups -OCH3 is 1. The van der Waals surface area contributed by atoms with E-state index in [9.17, 15) is 0 Å². The summed E-state index contributed by atoms with van der Waals surface area (Å²) < 4.78 is 10.2. The van der Waals surface area contributed by atoms with Crippen LogP contribution in [0.2, 0.25) is 0 Å². The summed E-state index contributed by atoms with van der Waals surface area (Å²) >= 11 is 0. The summed E-state index contributed by atoms with van der Waals surface area (Å²) in [6, 6.07) is 7.81. The number of hydrogen-bond acceptors (Lipinski definition) is 5. The number of aryl methyl sites for hydroxylation is 1. The van der Waals surface area contributed by atoms with Gasteiger partial charge in [0.15, 0.2) is 5.82 Å². The Labute approximate surface area is 106 Å². The lowest BCUT2D eigenvalue weighted by Crippen LogP contribution is -1.96. The summed E-state index contributed by atoms with van der Waals surface area (Å²) in [5.41, 5.74) is 7.56. The number of rotatable bonds is 6. The van der Waals surface area contributed by atoms with Crippen LogP contribution in [0.15, 0.2) is 28.8 Å². The second kappa shape index (κ2) is 6.28. The maximum absolute atomic E-state index is 5.60. The highest BCUT2D eigenvalue weighted by molar-refractivity contribution is 5.53. The number of nitrogens with two attached hydrogens (primary N) is 1. The highest BCUT2D eigenvalue weighted by atomic mass is 16.5. The molecule has 2 aromatic rings. The molecule has 18 heavy (non-hydrogen) atoms. The van der Waals surface area contributed by atoms with E-state index < -0.39 is 0 Å². The molecular weight excluding hydrogens is 230 g/mol. The Kier molecular flexibility index (Phi) is 4.44. The Morgan fingerprint density at radius 1 is 1.39 bits per heavy atom. The smallest absolute Gasteiger partial charge is 0.257 e. The first-order valence-corrected chi connectivity index (χ1v) is 5.94. The van der Waals surface area contributed by atoms with Gasteiger partial charge in [-0.2, -0.15) is 4.98 Å². The van der Waals surface area contributed by atoms with Crippen LogP contribution in [0.25, 0.3) is 11.5 Å². The van der Waals surface area contributed by atoms with Gasteiger partial charge in [0, 0.05) is 32.2 Å². The molecule has 2 rings (SSSR count). The van der Waals surface area contributed by atoms with Crippen LogP contribution in [0, 0.1) is 0 Å². The first-order valence-electron chi connectivity index (χ1n) is 5.94. The molecule has 2 N–H and O–H groups in total. The van der Waals surface area contributed by atoms with Gasteiger partial charge in [0.25, 0.3) is 5.89 Å². The Bertz CT molecular complexity index is 496. The van der Waals surface area contributed by atoms with Crippen LogP contribution in [0.5, 0.6) is 0 Å². The molecule has 5 heteroatoms. The third kappa shape index (κ3) is 3.15. The Hall–Kier alpha value is -1.72. The Balaban J connectivity index is 2.08. The fourth-order valence-corrected chi connectivity index (χ4v) is 1.68. The molecule has 0 radical (unpaired) electrons. The van der Waals surface area contributed by atoms with Crippen LogP contribution >= 0.6 is 0 Å². The average molecular weight is 247 g/mol. The minimum atomic E-state index is 0.503. The van der Waals surface area contributed by atoms with Gasteiger partial charge in [-0.1, -0.05) is 17.3 Å². The van der Waals surface area contributed by atoms with E-state index in [1.165, 1.54) is 0 Å². The van der Waals surface area contributed by atoms with Crippen LogP contribution in [-0.4, -0.2) is 23.9 Å². The van der Waals surface area contributed by atoms with E-state index in [1.54, 1.807) is 7.11 Å². The van der Waals surface area contributed by atoms with Crippen LogP contribution in [0.1, 0.15) is 17.8 Å². The van der Waals surface area contributed by atoms with E-state index in [4.69, 9.17) is 15.0 Å². The van der Waals surface area contributed by atoms with E-state index in [1.807, 2.05) is 24.3 Å². The van der Waals surface area contributed by atoms with E-state index in [0.29, 0.717) is 24.9 Å². The number of aromatic nitrogens is 2. The quantitative estimate of drug-likeness (QED) is 0.787. The van der Waals surface area contributed by atoms with Crippen molar-refractivity contribution in [2.24, 2.45) is 5.73 Å². The monoisotopic (exact) mass is 247 g/mol. The molecule has 1 heterocycles. The fraction of sp³-hybridized carbons (Fsp3) is 0.385. The van der Waals surface area contributed by atoms with Crippen LogP contribution in [0.3, 0.4) is 0 Å². The van der Waals surface area contributed by atoms with Crippen molar-refractivity contribution in [2.75, 3.05) is 13.7 Å². The molecule has 96 valence electrons. The second-order valence-electron chi connectivity index (χ2n) is 4.02. The predicted octanol–water partition coefficient (Wildman–Crippen LogP) is 1.77. The molecule has 0 aliphatic heterocycles. The lowest BCUT2D eigenvalue weighted by Gasteiger charge is -1.98. The fourth-order valence-electron chi connectivity index (χ4n) is 1.68. The minimum absolute atomic E-state index is 0.503. The molecule has 0 atom stereocenters. The topological polar surface area (TPSA) is 74.2 Å². The second-order valence-corrected chi connectivity index (χ2v) is 4.02. The molecular formula is C13H17N3O2. The summed E-state index contributed by atoms with van der Waals surface area (Å²) in [5.74, 6) is 1.25. The van der Waals surface area contributed by atoms with Gasteiger partial charge in [-0.05, 0) is 24.1 Å². The molecule has 0 unspecified atom stereocenters. The minimum Gasteiger partial charge on any atom is -0.385 e. The first kappa shape index (κ1) is 12.7. The van der Waals surface area contributed by atoms with Gasteiger partial charge in [0.2, 0.25) is 0 Å². The molecule has 5 nitrogen and oxygen atoms in total. The van der Waals surface area contributed by atoms with Gasteiger partial charge in [0.05, 0.1) is 0 Å². The van der Waals surface area contributed by atoms with Crippen LogP contribution < -0.4 is 5.73 Å². The highest BCUT2D eigenvalue weighted by Crippen LogP contribution is 2.18. The highest BCUT2D eigenvalue weighted by Gasteiger charge is 2.08. The number of nitrogens with zero attached hydrogens (tertiary/aromatic N) is 2. The van der Waals surface area contributed by atoms with Crippen LogP contribution in [-0.2, 0) is 17.7 Å². The maximum Gasteiger partial charge on any atom is 0.257 e. The molecule has 0 aliphatic rings. The lowest BCUT2D eigenvalue weighted by atomic mass is 10.1. The van der Waals surface area contributed by atoms with Crippen molar-refractivity contribution in [1.82, 2.24) is 10.1 Å². The van der Waals surface area contributed by atoms with Crippen LogP contribution in [0.4, 0.5) is 0 Å². The molecule has 0 aliphatic carbocycles. The largest absolute Gasteiger partial charge is 0.385 e. The molecule has 1 aromatic carbocycles. The predicted molar refractivity (Wildman–Crippen MR) is 67.8 cm³/mol. The maximum atomic E-state index is 5.60. The van der Waals surface area contributed by atoms with E-state index in [0.717, 1.165) is 24.0 Å². The van der Waals surface area contributed by atoms with Crippen molar-refractivity contribution in [3.05, 3.63) is 35.7 Å². The normalized spacial score (nSPS) is 10.8. The van der Waals surface area contributed by atoms with Crippen molar-refractivity contribution in [1.29, 1.82) is 0 Å². The number of benzene rings is 1. The number of hydrogen-bond donors (Lipinski definition) is 1. The van der Waals surface area contributed by atoms with Crippen molar-refractivity contribution in [3.63, 3.8) is 0 Å². The van der Waals surface area contributed by atoms with E-state index in [-0.39, 0.29) is 0 Å². The van der Waals surface area contributed by atoms with Crippen molar-refractivity contribution >= 4 is 0 Å². The molecule has 0 saturated carbocycles. The SMILES string of the molecule is COCCCc1noc(-c2cccc(CN)c2)n1. The van der Waals surface area contributed by atoms with E-state index >= 15 is 0 Å². The van der Waals surface area contributed by atoms with Gasteiger partial charge in [-0.15, -0.1) is 0 Å². The van der Waals surface area contributed by atoms with Gasteiger partial charge in [-0.25, -0.2) is 0 Å². The zero-order valence-electron chi connectivity index (χ0n) is 10.4.